The molecule has 0 saturated carbocycles. The molecule has 0 bridgehead atoms. The number of nitrogens with one attached hydrogen (secondary N) is 2. The Kier molecular flexibility index (Phi) is 7.10. The van der Waals surface area contributed by atoms with E-state index in [1.165, 1.54) is 19.2 Å². The zero-order valence-corrected chi connectivity index (χ0v) is 15.0. The standard InChI is InChI=1S/C17H26N4O4/c1-17(2,3)25-16(23)21-8-6-5-7-20-14-12(18)9-11(15(19)22)10-13(14)24-4/h5-6,9-10,20H,7-8,18H2,1-4H3,(H2,19,22)(H,21,23)/b6-5+. The van der Waals surface area contributed by atoms with Crippen LogP contribution in [-0.4, -0.2) is 37.8 Å². The fraction of sp³-hybridized carbons (Fsp3) is 0.412. The fourth-order valence-corrected chi connectivity index (χ4v) is 1.91. The van der Waals surface area contributed by atoms with Crippen LogP contribution in [0.2, 0.25) is 0 Å². The number of anilines is 2. The van der Waals surface area contributed by atoms with Gasteiger partial charge in [-0.25, -0.2) is 4.79 Å². The Morgan fingerprint density at radius 3 is 2.40 bits per heavy atom. The Hall–Kier alpha value is -2.90. The van der Waals surface area contributed by atoms with E-state index in [0.29, 0.717) is 30.2 Å². The Morgan fingerprint density at radius 1 is 1.20 bits per heavy atom. The lowest BCUT2D eigenvalue weighted by molar-refractivity contribution is 0.0534. The molecule has 1 rings (SSSR count). The zero-order valence-electron chi connectivity index (χ0n) is 15.0. The van der Waals surface area contributed by atoms with Crippen LogP contribution in [0.1, 0.15) is 31.1 Å². The van der Waals surface area contributed by atoms with Crippen molar-refractivity contribution in [1.29, 1.82) is 0 Å². The number of hydrogen-bond donors (Lipinski definition) is 4. The lowest BCUT2D eigenvalue weighted by atomic mass is 10.1. The van der Waals surface area contributed by atoms with Crippen LogP contribution in [0.25, 0.3) is 0 Å². The number of hydrogen-bond acceptors (Lipinski definition) is 6. The minimum atomic E-state index is -0.579. The molecule has 0 aromatic heterocycles. The van der Waals surface area contributed by atoms with Crippen molar-refractivity contribution in [3.05, 3.63) is 29.8 Å². The summed E-state index contributed by atoms with van der Waals surface area (Å²) in [4.78, 5) is 22.7. The Bertz CT molecular complexity index is 651. The largest absolute Gasteiger partial charge is 0.494 e. The van der Waals surface area contributed by atoms with Crippen LogP contribution < -0.4 is 26.8 Å². The van der Waals surface area contributed by atoms with Crippen molar-refractivity contribution in [1.82, 2.24) is 5.32 Å². The van der Waals surface area contributed by atoms with Gasteiger partial charge in [-0.15, -0.1) is 0 Å². The summed E-state index contributed by atoms with van der Waals surface area (Å²) in [7, 11) is 1.48. The fourth-order valence-electron chi connectivity index (χ4n) is 1.91. The number of nitrogen functional groups attached to an aromatic ring is 1. The summed E-state index contributed by atoms with van der Waals surface area (Å²) in [5, 5.41) is 5.71. The first kappa shape index (κ1) is 20.1. The van der Waals surface area contributed by atoms with E-state index in [1.54, 1.807) is 26.8 Å². The number of alkyl carbamates (subject to hydrolysis) is 1. The molecule has 0 unspecified atom stereocenters. The van der Waals surface area contributed by atoms with Gasteiger partial charge in [0.05, 0.1) is 12.8 Å². The van der Waals surface area contributed by atoms with Gasteiger partial charge in [0.15, 0.2) is 0 Å². The van der Waals surface area contributed by atoms with Crippen LogP contribution >= 0.6 is 0 Å². The smallest absolute Gasteiger partial charge is 0.407 e. The van der Waals surface area contributed by atoms with Gasteiger partial charge in [-0.1, -0.05) is 12.2 Å². The first-order valence-electron chi connectivity index (χ1n) is 7.77. The molecule has 0 spiro atoms. The minimum Gasteiger partial charge on any atom is -0.494 e. The molecular weight excluding hydrogens is 324 g/mol. The molecule has 0 saturated heterocycles. The van der Waals surface area contributed by atoms with Crippen molar-refractivity contribution in [3.63, 3.8) is 0 Å². The summed E-state index contributed by atoms with van der Waals surface area (Å²) in [6, 6.07) is 3.01. The predicted octanol–water partition coefficient (Wildman–Crippen LogP) is 1.87. The van der Waals surface area contributed by atoms with E-state index in [1.807, 2.05) is 6.08 Å². The zero-order chi connectivity index (χ0) is 19.0. The Morgan fingerprint density at radius 2 is 1.84 bits per heavy atom. The van der Waals surface area contributed by atoms with Gasteiger partial charge in [0, 0.05) is 18.7 Å². The van der Waals surface area contributed by atoms with Crippen LogP contribution in [0.4, 0.5) is 16.2 Å². The number of methoxy groups -OCH3 is 1. The molecule has 138 valence electrons. The third-order valence-electron chi connectivity index (χ3n) is 2.96. The number of ether oxygens (including phenoxy) is 2. The maximum Gasteiger partial charge on any atom is 0.407 e. The quantitative estimate of drug-likeness (QED) is 0.439. The van der Waals surface area contributed by atoms with Crippen LogP contribution in [0, 0.1) is 0 Å². The summed E-state index contributed by atoms with van der Waals surface area (Å²) in [6.07, 6.45) is 3.12. The topological polar surface area (TPSA) is 129 Å². The van der Waals surface area contributed by atoms with Crippen molar-refractivity contribution < 1.29 is 19.1 Å². The Labute approximate surface area is 147 Å². The van der Waals surface area contributed by atoms with E-state index in [4.69, 9.17) is 20.9 Å². The number of carbonyl (C=O) groups excluding carboxylic acids is 2. The maximum atomic E-state index is 11.5. The molecule has 0 heterocycles. The molecule has 25 heavy (non-hydrogen) atoms. The van der Waals surface area contributed by atoms with Crippen LogP contribution in [0.3, 0.4) is 0 Å². The normalized spacial score (nSPS) is 11.2. The van der Waals surface area contributed by atoms with Crippen LogP contribution in [0.5, 0.6) is 5.75 Å². The van der Waals surface area contributed by atoms with E-state index in [-0.39, 0.29) is 5.56 Å². The van der Waals surface area contributed by atoms with Gasteiger partial charge >= 0.3 is 6.09 Å². The minimum absolute atomic E-state index is 0.275. The van der Waals surface area contributed by atoms with Crippen molar-refractivity contribution in [2.75, 3.05) is 31.2 Å². The SMILES string of the molecule is COc1cc(C(N)=O)cc(N)c1NC/C=C/CNC(=O)OC(C)(C)C. The van der Waals surface area contributed by atoms with Gasteiger partial charge in [0.2, 0.25) is 5.91 Å². The van der Waals surface area contributed by atoms with Gasteiger partial charge in [-0.2, -0.15) is 0 Å². The third kappa shape index (κ3) is 7.03. The van der Waals surface area contributed by atoms with Crippen molar-refractivity contribution >= 4 is 23.4 Å². The number of benzene rings is 1. The number of rotatable bonds is 7. The molecule has 0 radical (unpaired) electrons. The van der Waals surface area contributed by atoms with E-state index in [0.717, 1.165) is 0 Å². The predicted molar refractivity (Wildman–Crippen MR) is 97.8 cm³/mol. The average molecular weight is 350 g/mol. The molecule has 0 atom stereocenters. The number of primary amides is 1. The Balaban J connectivity index is 2.53. The van der Waals surface area contributed by atoms with Gasteiger partial charge in [0.1, 0.15) is 17.0 Å². The summed E-state index contributed by atoms with van der Waals surface area (Å²) >= 11 is 0. The first-order valence-corrected chi connectivity index (χ1v) is 7.77. The van der Waals surface area contributed by atoms with E-state index < -0.39 is 17.6 Å². The van der Waals surface area contributed by atoms with Gasteiger partial charge in [-0.05, 0) is 32.9 Å². The summed E-state index contributed by atoms with van der Waals surface area (Å²) in [6.45, 7) is 6.19. The van der Waals surface area contributed by atoms with E-state index >= 15 is 0 Å². The van der Waals surface area contributed by atoms with Crippen molar-refractivity contribution in [3.8, 4) is 5.75 Å². The number of nitrogens with two attached hydrogens (primary N) is 2. The highest BCUT2D eigenvalue weighted by Gasteiger charge is 2.15. The molecule has 1 aromatic carbocycles. The molecule has 6 N–H and O–H groups in total. The second-order valence-electron chi connectivity index (χ2n) is 6.24. The van der Waals surface area contributed by atoms with Gasteiger partial charge in [-0.3, -0.25) is 4.79 Å². The monoisotopic (exact) mass is 350 g/mol. The van der Waals surface area contributed by atoms with Gasteiger partial charge in [0.25, 0.3) is 0 Å². The highest BCUT2D eigenvalue weighted by molar-refractivity contribution is 5.96. The maximum absolute atomic E-state index is 11.5. The summed E-state index contributed by atoms with van der Waals surface area (Å²) < 4.78 is 10.3. The molecule has 8 nitrogen and oxygen atoms in total. The second kappa shape index (κ2) is 8.81. The molecule has 0 aliphatic rings. The van der Waals surface area contributed by atoms with E-state index in [2.05, 4.69) is 10.6 Å². The van der Waals surface area contributed by atoms with E-state index in [9.17, 15) is 9.59 Å². The molecule has 1 aromatic rings. The molecule has 0 aliphatic carbocycles. The molecular formula is C17H26N4O4. The lowest BCUT2D eigenvalue weighted by Crippen LogP contribution is -2.32. The lowest BCUT2D eigenvalue weighted by Gasteiger charge is -2.19. The molecule has 2 amide bonds. The molecule has 8 heteroatoms. The van der Waals surface area contributed by atoms with Gasteiger partial charge < -0.3 is 31.6 Å². The van der Waals surface area contributed by atoms with Crippen LogP contribution in [-0.2, 0) is 4.74 Å². The van der Waals surface area contributed by atoms with Crippen LogP contribution in [0.15, 0.2) is 24.3 Å². The molecule has 0 aliphatic heterocycles. The third-order valence-corrected chi connectivity index (χ3v) is 2.96. The number of carbonyl (C=O) groups is 2. The van der Waals surface area contributed by atoms with Crippen molar-refractivity contribution in [2.45, 2.75) is 26.4 Å². The highest BCUT2D eigenvalue weighted by atomic mass is 16.6. The summed E-state index contributed by atoms with van der Waals surface area (Å²) in [5.74, 6) is -0.154. The second-order valence-corrected chi connectivity index (χ2v) is 6.24. The highest BCUT2D eigenvalue weighted by Crippen LogP contribution is 2.32. The van der Waals surface area contributed by atoms with Crippen molar-refractivity contribution in [2.24, 2.45) is 5.73 Å². The summed E-state index contributed by atoms with van der Waals surface area (Å²) in [5.41, 5.74) is 11.8. The first-order chi connectivity index (χ1) is 11.6. The average Bonchev–Trinajstić information content (AvgIpc) is 2.49. The molecule has 0 fully saturated rings. The number of amides is 2.